The van der Waals surface area contributed by atoms with Gasteiger partial charge in [0, 0.05) is 6.42 Å². The number of ketones is 1. The summed E-state index contributed by atoms with van der Waals surface area (Å²) >= 11 is 0. The molecule has 66 valence electrons. The lowest BCUT2D eigenvalue weighted by Gasteiger charge is -2.21. The van der Waals surface area contributed by atoms with E-state index >= 15 is 0 Å². The summed E-state index contributed by atoms with van der Waals surface area (Å²) in [4.78, 5) is 11.5. The van der Waals surface area contributed by atoms with Crippen molar-refractivity contribution in [1.82, 2.24) is 0 Å². The van der Waals surface area contributed by atoms with Gasteiger partial charge in [0.05, 0.1) is 6.10 Å². The second-order valence-electron chi connectivity index (χ2n) is 4.12. The Morgan fingerprint density at radius 1 is 1.75 bits per heavy atom. The first-order valence-electron chi connectivity index (χ1n) is 4.40. The van der Waals surface area contributed by atoms with E-state index in [4.69, 9.17) is 4.74 Å². The Kier molecular flexibility index (Phi) is 1.46. The largest absolute Gasteiger partial charge is 0.358 e. The molecule has 0 aromatic rings. The van der Waals surface area contributed by atoms with Crippen LogP contribution in [0.2, 0.25) is 0 Å². The third-order valence-electron chi connectivity index (χ3n) is 3.13. The van der Waals surface area contributed by atoms with Gasteiger partial charge in [-0.15, -0.1) is 0 Å². The minimum absolute atomic E-state index is 0.181. The highest BCUT2D eigenvalue weighted by atomic mass is 16.6. The summed E-state index contributed by atoms with van der Waals surface area (Å²) in [5.41, 5.74) is 0.701. The number of hydrogen-bond acceptors (Lipinski definition) is 2. The summed E-state index contributed by atoms with van der Waals surface area (Å²) < 4.78 is 5.37. The lowest BCUT2D eigenvalue weighted by molar-refractivity contribution is -0.124. The van der Waals surface area contributed by atoms with E-state index in [9.17, 15) is 4.79 Å². The van der Waals surface area contributed by atoms with Crippen molar-refractivity contribution in [3.8, 4) is 0 Å². The minimum atomic E-state index is -0.411. The van der Waals surface area contributed by atoms with Crippen molar-refractivity contribution < 1.29 is 9.53 Å². The van der Waals surface area contributed by atoms with E-state index in [1.54, 1.807) is 0 Å². The molecule has 3 atom stereocenters. The van der Waals surface area contributed by atoms with Gasteiger partial charge < -0.3 is 4.74 Å². The van der Waals surface area contributed by atoms with Crippen LogP contribution < -0.4 is 0 Å². The Morgan fingerprint density at radius 2 is 2.42 bits per heavy atom. The van der Waals surface area contributed by atoms with E-state index in [1.807, 2.05) is 13.8 Å². The molecule has 1 aliphatic heterocycles. The van der Waals surface area contributed by atoms with Gasteiger partial charge >= 0.3 is 0 Å². The molecule has 2 nitrogen and oxygen atoms in total. The minimum Gasteiger partial charge on any atom is -0.358 e. The van der Waals surface area contributed by atoms with E-state index in [0.29, 0.717) is 12.3 Å². The Labute approximate surface area is 72.6 Å². The van der Waals surface area contributed by atoms with E-state index in [1.165, 1.54) is 0 Å². The van der Waals surface area contributed by atoms with Crippen LogP contribution in [0.4, 0.5) is 0 Å². The highest BCUT2D eigenvalue weighted by molar-refractivity contribution is 5.91. The van der Waals surface area contributed by atoms with Crippen LogP contribution in [0, 0.1) is 5.92 Å². The summed E-state index contributed by atoms with van der Waals surface area (Å²) in [6, 6.07) is 0. The average molecular weight is 166 g/mol. The SMILES string of the molecule is C=C(C)[C@@H]1CC(=O)[C@@]2(C)O[C@@H]2C1. The lowest BCUT2D eigenvalue weighted by atomic mass is 9.79. The second kappa shape index (κ2) is 2.19. The molecule has 0 N–H and O–H groups in total. The number of fused-ring (bicyclic) bond motifs is 1. The molecular formula is C10H14O2. The van der Waals surface area contributed by atoms with Crippen LogP contribution in [-0.2, 0) is 9.53 Å². The van der Waals surface area contributed by atoms with Crippen LogP contribution >= 0.6 is 0 Å². The molecule has 0 aromatic heterocycles. The standard InChI is InChI=1S/C10H14O2/c1-6(2)7-4-8(11)10(3)9(5-7)12-10/h7,9H,1,4-5H2,2-3H3/t7-,9-,10-/m1/s1. The number of ether oxygens (including phenoxy) is 1. The van der Waals surface area contributed by atoms with Crippen molar-refractivity contribution in [2.24, 2.45) is 5.92 Å². The lowest BCUT2D eigenvalue weighted by Crippen LogP contribution is -2.32. The molecule has 2 heteroatoms. The third-order valence-corrected chi connectivity index (χ3v) is 3.13. The molecule has 1 saturated carbocycles. The first-order valence-corrected chi connectivity index (χ1v) is 4.40. The molecular weight excluding hydrogens is 152 g/mol. The van der Waals surface area contributed by atoms with Crippen LogP contribution in [0.25, 0.3) is 0 Å². The van der Waals surface area contributed by atoms with Gasteiger partial charge in [0.1, 0.15) is 5.60 Å². The Morgan fingerprint density at radius 3 is 2.92 bits per heavy atom. The number of rotatable bonds is 1. The van der Waals surface area contributed by atoms with Gasteiger partial charge in [0.25, 0.3) is 0 Å². The van der Waals surface area contributed by atoms with Crippen LogP contribution in [-0.4, -0.2) is 17.5 Å². The van der Waals surface area contributed by atoms with E-state index in [0.717, 1.165) is 12.0 Å². The number of carbonyl (C=O) groups excluding carboxylic acids is 1. The van der Waals surface area contributed by atoms with Crippen molar-refractivity contribution in [3.05, 3.63) is 12.2 Å². The smallest absolute Gasteiger partial charge is 0.167 e. The maximum absolute atomic E-state index is 11.5. The van der Waals surface area contributed by atoms with Gasteiger partial charge in [-0.2, -0.15) is 0 Å². The van der Waals surface area contributed by atoms with Gasteiger partial charge in [-0.25, -0.2) is 0 Å². The zero-order valence-corrected chi connectivity index (χ0v) is 7.59. The van der Waals surface area contributed by atoms with Crippen LogP contribution in [0.1, 0.15) is 26.7 Å². The molecule has 1 saturated heterocycles. The number of epoxide rings is 1. The van der Waals surface area contributed by atoms with E-state index < -0.39 is 5.60 Å². The average Bonchev–Trinajstić information content (AvgIpc) is 2.62. The molecule has 0 unspecified atom stereocenters. The van der Waals surface area contributed by atoms with Crippen molar-refractivity contribution in [1.29, 1.82) is 0 Å². The summed E-state index contributed by atoms with van der Waals surface area (Å²) in [5.74, 6) is 0.616. The monoisotopic (exact) mass is 166 g/mol. The molecule has 1 aliphatic carbocycles. The van der Waals surface area contributed by atoms with E-state index in [-0.39, 0.29) is 11.9 Å². The number of carbonyl (C=O) groups is 1. The molecule has 12 heavy (non-hydrogen) atoms. The molecule has 1 heterocycles. The van der Waals surface area contributed by atoms with Crippen molar-refractivity contribution in [3.63, 3.8) is 0 Å². The second-order valence-corrected chi connectivity index (χ2v) is 4.12. The molecule has 0 amide bonds. The summed E-state index contributed by atoms with van der Waals surface area (Å²) in [6.45, 7) is 7.77. The fourth-order valence-corrected chi connectivity index (χ4v) is 1.92. The fourth-order valence-electron chi connectivity index (χ4n) is 1.92. The maximum atomic E-state index is 11.5. The first kappa shape index (κ1) is 7.99. The Bertz CT molecular complexity index is 257. The third kappa shape index (κ3) is 0.944. The zero-order valence-electron chi connectivity index (χ0n) is 7.59. The molecule has 2 aliphatic rings. The van der Waals surface area contributed by atoms with Gasteiger partial charge in [-0.05, 0) is 26.2 Å². The Balaban J connectivity index is 2.12. The van der Waals surface area contributed by atoms with Crippen molar-refractivity contribution in [2.75, 3.05) is 0 Å². The summed E-state index contributed by atoms with van der Waals surface area (Å²) in [7, 11) is 0. The normalized spacial score (nSPS) is 45.3. The van der Waals surface area contributed by atoms with E-state index in [2.05, 4.69) is 6.58 Å². The number of hydrogen-bond donors (Lipinski definition) is 0. The highest BCUT2D eigenvalue weighted by Gasteiger charge is 2.61. The summed E-state index contributed by atoms with van der Waals surface area (Å²) in [5, 5.41) is 0. The topological polar surface area (TPSA) is 29.6 Å². The first-order chi connectivity index (χ1) is 5.54. The molecule has 0 spiro atoms. The number of Topliss-reactive ketones (excluding diaryl/α,β-unsaturated/α-hetero) is 1. The predicted molar refractivity (Wildman–Crippen MR) is 45.8 cm³/mol. The summed E-state index contributed by atoms with van der Waals surface area (Å²) in [6.07, 6.45) is 1.79. The number of allylic oxidation sites excluding steroid dienone is 1. The van der Waals surface area contributed by atoms with Gasteiger partial charge in [-0.3, -0.25) is 4.79 Å². The van der Waals surface area contributed by atoms with Crippen molar-refractivity contribution in [2.45, 2.75) is 38.4 Å². The van der Waals surface area contributed by atoms with Crippen molar-refractivity contribution >= 4 is 5.78 Å². The van der Waals surface area contributed by atoms with Gasteiger partial charge in [0.2, 0.25) is 0 Å². The van der Waals surface area contributed by atoms with Gasteiger partial charge in [0.15, 0.2) is 5.78 Å². The quantitative estimate of drug-likeness (QED) is 0.438. The molecule has 0 bridgehead atoms. The fraction of sp³-hybridized carbons (Fsp3) is 0.700. The highest BCUT2D eigenvalue weighted by Crippen LogP contribution is 2.48. The molecule has 0 radical (unpaired) electrons. The maximum Gasteiger partial charge on any atom is 0.167 e. The zero-order chi connectivity index (χ0) is 8.93. The van der Waals surface area contributed by atoms with Crippen LogP contribution in [0.15, 0.2) is 12.2 Å². The molecule has 2 rings (SSSR count). The van der Waals surface area contributed by atoms with Crippen LogP contribution in [0.3, 0.4) is 0 Å². The molecule has 0 aromatic carbocycles. The molecule has 2 fully saturated rings. The Hall–Kier alpha value is -0.630. The van der Waals surface area contributed by atoms with Crippen LogP contribution in [0.5, 0.6) is 0 Å². The van der Waals surface area contributed by atoms with Gasteiger partial charge in [-0.1, -0.05) is 12.2 Å². The predicted octanol–water partition coefficient (Wildman–Crippen LogP) is 1.70.